The SMILES string of the molecule is O=C1CCC(N2Cc3nc(NC(=O)Oc4ccccc4)ccc3C2=O)C(=O)N1. The fraction of sp³-hybridized carbons (Fsp3) is 0.211. The number of imide groups is 1. The van der Waals surface area contributed by atoms with Crippen LogP contribution in [0, 0.1) is 0 Å². The van der Waals surface area contributed by atoms with E-state index in [2.05, 4.69) is 15.6 Å². The van der Waals surface area contributed by atoms with Crippen molar-refractivity contribution in [3.8, 4) is 5.75 Å². The van der Waals surface area contributed by atoms with Gasteiger partial charge in [0.1, 0.15) is 17.6 Å². The Balaban J connectivity index is 1.45. The number of hydrogen-bond donors (Lipinski definition) is 2. The summed E-state index contributed by atoms with van der Waals surface area (Å²) in [6.45, 7) is 0.129. The van der Waals surface area contributed by atoms with Gasteiger partial charge in [-0.3, -0.25) is 25.0 Å². The van der Waals surface area contributed by atoms with Gasteiger partial charge in [-0.25, -0.2) is 9.78 Å². The van der Waals surface area contributed by atoms with Gasteiger partial charge in [0.25, 0.3) is 5.91 Å². The highest BCUT2D eigenvalue weighted by Crippen LogP contribution is 2.27. The van der Waals surface area contributed by atoms with Gasteiger partial charge in [0.2, 0.25) is 11.8 Å². The van der Waals surface area contributed by atoms with Crippen molar-refractivity contribution in [1.82, 2.24) is 15.2 Å². The van der Waals surface area contributed by atoms with Crippen LogP contribution >= 0.6 is 0 Å². The third-order valence-electron chi connectivity index (χ3n) is 4.56. The number of rotatable bonds is 3. The Kier molecular flexibility index (Phi) is 4.48. The number of carbonyl (C=O) groups excluding carboxylic acids is 4. The number of nitrogens with one attached hydrogen (secondary N) is 2. The summed E-state index contributed by atoms with van der Waals surface area (Å²) < 4.78 is 5.15. The van der Waals surface area contributed by atoms with Crippen molar-refractivity contribution in [1.29, 1.82) is 0 Å². The summed E-state index contributed by atoms with van der Waals surface area (Å²) in [5.74, 6) is -0.525. The van der Waals surface area contributed by atoms with E-state index >= 15 is 0 Å². The van der Waals surface area contributed by atoms with Crippen LogP contribution in [-0.4, -0.2) is 39.7 Å². The number of aromatic nitrogens is 1. The Hall–Kier alpha value is -3.75. The maximum absolute atomic E-state index is 12.6. The standard InChI is InChI=1S/C19H16N4O5/c24-16-9-7-14(17(25)22-16)23-10-13-12(18(23)26)6-8-15(20-13)21-19(27)28-11-4-2-1-3-5-11/h1-6,8,14H,7,9-10H2,(H,20,21,27)(H,22,24,25). The molecule has 4 amide bonds. The third-order valence-corrected chi connectivity index (χ3v) is 4.56. The maximum Gasteiger partial charge on any atom is 0.418 e. The summed E-state index contributed by atoms with van der Waals surface area (Å²) in [4.78, 5) is 53.7. The fourth-order valence-electron chi connectivity index (χ4n) is 3.23. The molecule has 1 unspecified atom stereocenters. The first-order valence-corrected chi connectivity index (χ1v) is 8.70. The summed E-state index contributed by atoms with van der Waals surface area (Å²) in [5.41, 5.74) is 0.818. The molecule has 1 atom stereocenters. The molecule has 1 aromatic heterocycles. The summed E-state index contributed by atoms with van der Waals surface area (Å²) in [6.07, 6.45) is -0.244. The smallest absolute Gasteiger partial charge is 0.410 e. The third kappa shape index (κ3) is 3.41. The van der Waals surface area contributed by atoms with Gasteiger partial charge < -0.3 is 9.64 Å². The lowest BCUT2D eigenvalue weighted by Gasteiger charge is -2.29. The Labute approximate surface area is 159 Å². The summed E-state index contributed by atoms with van der Waals surface area (Å²) in [6, 6.07) is 10.9. The highest BCUT2D eigenvalue weighted by molar-refractivity contribution is 6.05. The van der Waals surface area contributed by atoms with Crippen molar-refractivity contribution in [3.63, 3.8) is 0 Å². The van der Waals surface area contributed by atoms with Crippen LogP contribution in [0.4, 0.5) is 10.6 Å². The van der Waals surface area contributed by atoms with Crippen LogP contribution in [0.25, 0.3) is 0 Å². The van der Waals surface area contributed by atoms with Crippen molar-refractivity contribution in [3.05, 3.63) is 53.7 Å². The molecule has 2 aromatic rings. The molecular weight excluding hydrogens is 364 g/mol. The molecule has 0 aliphatic carbocycles. The lowest BCUT2D eigenvalue weighted by molar-refractivity contribution is -0.136. The number of nitrogens with zero attached hydrogens (tertiary/aromatic N) is 2. The molecule has 3 heterocycles. The van der Waals surface area contributed by atoms with E-state index in [4.69, 9.17) is 4.74 Å². The Morgan fingerprint density at radius 3 is 2.68 bits per heavy atom. The number of benzene rings is 1. The normalized spacial score (nSPS) is 18.5. The molecule has 9 heteroatoms. The summed E-state index contributed by atoms with van der Waals surface area (Å²) >= 11 is 0. The number of fused-ring (bicyclic) bond motifs is 1. The Morgan fingerprint density at radius 1 is 1.14 bits per heavy atom. The number of amides is 4. The average Bonchev–Trinajstić information content (AvgIpc) is 2.98. The van der Waals surface area contributed by atoms with E-state index in [1.807, 2.05) is 0 Å². The second-order valence-electron chi connectivity index (χ2n) is 6.42. The minimum atomic E-state index is -0.709. The van der Waals surface area contributed by atoms with E-state index in [1.165, 1.54) is 11.0 Å². The van der Waals surface area contributed by atoms with Crippen LogP contribution in [0.5, 0.6) is 5.75 Å². The zero-order valence-corrected chi connectivity index (χ0v) is 14.7. The van der Waals surface area contributed by atoms with Gasteiger partial charge >= 0.3 is 6.09 Å². The Bertz CT molecular complexity index is 976. The number of piperidine rings is 1. The topological polar surface area (TPSA) is 118 Å². The van der Waals surface area contributed by atoms with E-state index in [9.17, 15) is 19.2 Å². The number of hydrogen-bond acceptors (Lipinski definition) is 6. The minimum absolute atomic E-state index is 0.129. The number of pyridine rings is 1. The molecule has 2 N–H and O–H groups in total. The van der Waals surface area contributed by atoms with Crippen molar-refractivity contribution < 1.29 is 23.9 Å². The lowest BCUT2D eigenvalue weighted by Crippen LogP contribution is -2.52. The first-order chi connectivity index (χ1) is 13.5. The van der Waals surface area contributed by atoms with Crippen LogP contribution in [0.3, 0.4) is 0 Å². The van der Waals surface area contributed by atoms with Crippen LogP contribution in [-0.2, 0) is 16.1 Å². The monoisotopic (exact) mass is 380 g/mol. The molecule has 4 rings (SSSR count). The molecule has 9 nitrogen and oxygen atoms in total. The van der Waals surface area contributed by atoms with Crippen molar-refractivity contribution in [2.45, 2.75) is 25.4 Å². The van der Waals surface area contributed by atoms with Crippen LogP contribution in [0.2, 0.25) is 0 Å². The molecule has 142 valence electrons. The highest BCUT2D eigenvalue weighted by Gasteiger charge is 2.39. The molecule has 1 saturated heterocycles. The fourth-order valence-corrected chi connectivity index (χ4v) is 3.23. The van der Waals surface area contributed by atoms with Gasteiger partial charge in [0.15, 0.2) is 0 Å². The molecule has 2 aliphatic rings. The molecular formula is C19H16N4O5. The minimum Gasteiger partial charge on any atom is -0.410 e. The van der Waals surface area contributed by atoms with E-state index in [0.717, 1.165) is 0 Å². The van der Waals surface area contributed by atoms with E-state index in [-0.39, 0.29) is 37.0 Å². The molecule has 1 fully saturated rings. The van der Waals surface area contributed by atoms with E-state index in [1.54, 1.807) is 36.4 Å². The Morgan fingerprint density at radius 2 is 1.93 bits per heavy atom. The zero-order valence-electron chi connectivity index (χ0n) is 14.7. The zero-order chi connectivity index (χ0) is 19.7. The second kappa shape index (κ2) is 7.10. The maximum atomic E-state index is 12.6. The largest absolute Gasteiger partial charge is 0.418 e. The van der Waals surface area contributed by atoms with Crippen LogP contribution in [0.1, 0.15) is 28.9 Å². The summed E-state index contributed by atoms with van der Waals surface area (Å²) in [5, 5.41) is 4.77. The molecule has 1 aromatic carbocycles. The molecule has 0 radical (unpaired) electrons. The molecule has 2 aliphatic heterocycles. The second-order valence-corrected chi connectivity index (χ2v) is 6.42. The van der Waals surface area contributed by atoms with Gasteiger partial charge in [-0.15, -0.1) is 0 Å². The van der Waals surface area contributed by atoms with Crippen molar-refractivity contribution in [2.24, 2.45) is 0 Å². The highest BCUT2D eigenvalue weighted by atomic mass is 16.6. The first kappa shape index (κ1) is 17.7. The van der Waals surface area contributed by atoms with Crippen molar-refractivity contribution in [2.75, 3.05) is 5.32 Å². The number of carbonyl (C=O) groups is 4. The predicted molar refractivity (Wildman–Crippen MR) is 96.4 cm³/mol. The number of para-hydroxylation sites is 1. The van der Waals surface area contributed by atoms with Crippen molar-refractivity contribution >= 4 is 29.6 Å². The number of ether oxygens (including phenoxy) is 1. The molecule has 28 heavy (non-hydrogen) atoms. The summed E-state index contributed by atoms with van der Waals surface area (Å²) in [7, 11) is 0. The average molecular weight is 380 g/mol. The lowest BCUT2D eigenvalue weighted by atomic mass is 10.0. The van der Waals surface area contributed by atoms with Crippen LogP contribution in [0.15, 0.2) is 42.5 Å². The van der Waals surface area contributed by atoms with E-state index < -0.39 is 18.0 Å². The first-order valence-electron chi connectivity index (χ1n) is 8.70. The van der Waals surface area contributed by atoms with E-state index in [0.29, 0.717) is 17.0 Å². The van der Waals surface area contributed by atoms with Gasteiger partial charge in [-0.2, -0.15) is 0 Å². The van der Waals surface area contributed by atoms with Gasteiger partial charge in [-0.1, -0.05) is 18.2 Å². The van der Waals surface area contributed by atoms with Gasteiger partial charge in [0, 0.05) is 6.42 Å². The number of anilines is 1. The van der Waals surface area contributed by atoms with Crippen LogP contribution < -0.4 is 15.4 Å². The molecule has 0 bridgehead atoms. The molecule has 0 spiro atoms. The van der Waals surface area contributed by atoms with Gasteiger partial charge in [-0.05, 0) is 30.7 Å². The predicted octanol–water partition coefficient (Wildman–Crippen LogP) is 1.45. The van der Waals surface area contributed by atoms with Gasteiger partial charge in [0.05, 0.1) is 17.8 Å². The molecule has 0 saturated carbocycles. The quantitative estimate of drug-likeness (QED) is 0.779.